The summed E-state index contributed by atoms with van der Waals surface area (Å²) in [6.45, 7) is 3.00. The molecule has 2 rings (SSSR count). The van der Waals surface area contributed by atoms with Crippen LogP contribution >= 0.6 is 0 Å². The van der Waals surface area contributed by atoms with Gasteiger partial charge < -0.3 is 5.11 Å². The molecule has 110 valence electrons. The summed E-state index contributed by atoms with van der Waals surface area (Å²) in [5.74, 6) is 0. The molecule has 1 heterocycles. The van der Waals surface area contributed by atoms with E-state index >= 15 is 0 Å². The van der Waals surface area contributed by atoms with E-state index in [2.05, 4.69) is 4.90 Å². The van der Waals surface area contributed by atoms with Crippen molar-refractivity contribution in [3.05, 3.63) is 41.3 Å². The van der Waals surface area contributed by atoms with E-state index in [9.17, 15) is 8.42 Å². The first kappa shape index (κ1) is 15.2. The molecule has 0 unspecified atom stereocenters. The van der Waals surface area contributed by atoms with Gasteiger partial charge in [-0.25, -0.2) is 8.42 Å². The van der Waals surface area contributed by atoms with Crippen molar-refractivity contribution in [2.45, 2.75) is 0 Å². The third kappa shape index (κ3) is 4.14. The van der Waals surface area contributed by atoms with Crippen LogP contribution in [-0.4, -0.2) is 62.1 Å². The maximum absolute atomic E-state index is 12.2. The number of hydrogen-bond acceptors (Lipinski definition) is 4. The highest BCUT2D eigenvalue weighted by atomic mass is 32.2. The van der Waals surface area contributed by atoms with E-state index in [1.807, 2.05) is 30.3 Å². The molecule has 1 N–H and O–H groups in total. The average Bonchev–Trinajstić information content (AvgIpc) is 2.47. The normalized spacial score (nSPS) is 18.6. The van der Waals surface area contributed by atoms with Crippen LogP contribution in [0.25, 0.3) is 6.08 Å². The second-order valence-electron chi connectivity index (χ2n) is 4.72. The predicted molar refractivity (Wildman–Crippen MR) is 79.5 cm³/mol. The van der Waals surface area contributed by atoms with E-state index in [1.165, 1.54) is 9.71 Å². The Morgan fingerprint density at radius 3 is 2.35 bits per heavy atom. The number of piperazine rings is 1. The summed E-state index contributed by atoms with van der Waals surface area (Å²) in [4.78, 5) is 2.06. The number of nitrogens with zero attached hydrogens (tertiary/aromatic N) is 2. The lowest BCUT2D eigenvalue weighted by Crippen LogP contribution is -2.48. The molecule has 0 amide bonds. The standard InChI is InChI=1S/C14H20N2O3S/c17-12-11-15-7-9-16(10-8-15)20(18,19)13-6-14-4-2-1-3-5-14/h1-6,13,17H,7-12H2/b13-6+. The van der Waals surface area contributed by atoms with Crippen LogP contribution in [0.3, 0.4) is 0 Å². The van der Waals surface area contributed by atoms with Crippen molar-refractivity contribution in [1.29, 1.82) is 0 Å². The molecule has 6 heteroatoms. The van der Waals surface area contributed by atoms with Gasteiger partial charge in [0.15, 0.2) is 0 Å². The zero-order valence-electron chi connectivity index (χ0n) is 11.4. The number of β-amino-alcohol motifs (C(OH)–C–C–N with tert-alkyl or cyclic N) is 1. The fraction of sp³-hybridized carbons (Fsp3) is 0.429. The van der Waals surface area contributed by atoms with E-state index in [4.69, 9.17) is 5.11 Å². The van der Waals surface area contributed by atoms with Gasteiger partial charge in [0.1, 0.15) is 0 Å². The molecule has 1 aliphatic heterocycles. The van der Waals surface area contributed by atoms with Crippen molar-refractivity contribution in [2.24, 2.45) is 0 Å². The summed E-state index contributed by atoms with van der Waals surface area (Å²) >= 11 is 0. The Hall–Kier alpha value is -1.21. The third-order valence-electron chi connectivity index (χ3n) is 3.34. The summed E-state index contributed by atoms with van der Waals surface area (Å²) in [7, 11) is -3.36. The van der Waals surface area contributed by atoms with Gasteiger partial charge in [0.2, 0.25) is 10.0 Å². The molecule has 1 aromatic carbocycles. The second-order valence-corrected chi connectivity index (χ2v) is 6.54. The molecular formula is C14H20N2O3S. The molecule has 1 saturated heterocycles. The van der Waals surface area contributed by atoms with E-state index in [-0.39, 0.29) is 6.61 Å². The molecule has 0 aliphatic carbocycles. The lowest BCUT2D eigenvalue weighted by molar-refractivity contribution is 0.152. The molecule has 0 atom stereocenters. The minimum atomic E-state index is -3.36. The van der Waals surface area contributed by atoms with Crippen LogP contribution in [0.5, 0.6) is 0 Å². The average molecular weight is 296 g/mol. The summed E-state index contributed by atoms with van der Waals surface area (Å²) in [5.41, 5.74) is 0.870. The van der Waals surface area contributed by atoms with Gasteiger partial charge in [0.05, 0.1) is 6.61 Å². The minimum absolute atomic E-state index is 0.112. The largest absolute Gasteiger partial charge is 0.395 e. The van der Waals surface area contributed by atoms with Crippen LogP contribution in [-0.2, 0) is 10.0 Å². The van der Waals surface area contributed by atoms with Crippen molar-refractivity contribution in [1.82, 2.24) is 9.21 Å². The highest BCUT2D eigenvalue weighted by Gasteiger charge is 2.24. The molecule has 0 radical (unpaired) electrons. The highest BCUT2D eigenvalue weighted by Crippen LogP contribution is 2.11. The molecule has 1 fully saturated rings. The molecule has 20 heavy (non-hydrogen) atoms. The van der Waals surface area contributed by atoms with E-state index in [0.29, 0.717) is 32.7 Å². The first-order chi connectivity index (χ1) is 9.62. The molecule has 1 aromatic rings. The van der Waals surface area contributed by atoms with Crippen molar-refractivity contribution in [3.63, 3.8) is 0 Å². The molecule has 1 aliphatic rings. The predicted octanol–water partition coefficient (Wildman–Crippen LogP) is 0.597. The zero-order valence-corrected chi connectivity index (χ0v) is 12.2. The van der Waals surface area contributed by atoms with Crippen molar-refractivity contribution in [2.75, 3.05) is 39.3 Å². The maximum atomic E-state index is 12.2. The molecule has 0 spiro atoms. The Labute approximate surface area is 120 Å². The van der Waals surface area contributed by atoms with E-state index in [1.54, 1.807) is 6.08 Å². The third-order valence-corrected chi connectivity index (χ3v) is 4.90. The molecule has 0 saturated carbocycles. The van der Waals surface area contributed by atoms with Gasteiger partial charge >= 0.3 is 0 Å². The van der Waals surface area contributed by atoms with Gasteiger partial charge in [-0.15, -0.1) is 0 Å². The van der Waals surface area contributed by atoms with Crippen LogP contribution in [0.1, 0.15) is 5.56 Å². The SMILES string of the molecule is O=S(=O)(/C=C/c1ccccc1)N1CCN(CCO)CC1. The number of aliphatic hydroxyl groups is 1. The number of aliphatic hydroxyl groups excluding tert-OH is 1. The quantitative estimate of drug-likeness (QED) is 0.864. The molecule has 5 nitrogen and oxygen atoms in total. The number of sulfonamides is 1. The first-order valence-corrected chi connectivity index (χ1v) is 8.18. The molecule has 0 bridgehead atoms. The fourth-order valence-corrected chi connectivity index (χ4v) is 3.34. The Bertz CT molecular complexity index is 535. The smallest absolute Gasteiger partial charge is 0.236 e. The van der Waals surface area contributed by atoms with Crippen molar-refractivity contribution < 1.29 is 13.5 Å². The Morgan fingerprint density at radius 2 is 1.75 bits per heavy atom. The van der Waals surface area contributed by atoms with Crippen LogP contribution in [0, 0.1) is 0 Å². The topological polar surface area (TPSA) is 60.9 Å². The minimum Gasteiger partial charge on any atom is -0.395 e. The Kier molecular flexibility index (Phi) is 5.31. The van der Waals surface area contributed by atoms with Gasteiger partial charge in [-0.05, 0) is 11.6 Å². The second kappa shape index (κ2) is 6.99. The summed E-state index contributed by atoms with van der Waals surface area (Å²) in [6, 6.07) is 9.38. The van der Waals surface area contributed by atoms with E-state index in [0.717, 1.165) is 5.56 Å². The maximum Gasteiger partial charge on any atom is 0.236 e. The monoisotopic (exact) mass is 296 g/mol. The van der Waals surface area contributed by atoms with Gasteiger partial charge in [0.25, 0.3) is 0 Å². The van der Waals surface area contributed by atoms with Gasteiger partial charge in [-0.3, -0.25) is 4.90 Å². The lowest BCUT2D eigenvalue weighted by Gasteiger charge is -2.32. The summed E-state index contributed by atoms with van der Waals surface area (Å²) in [5, 5.41) is 10.1. The highest BCUT2D eigenvalue weighted by molar-refractivity contribution is 7.92. The number of benzene rings is 1. The van der Waals surface area contributed by atoms with Crippen LogP contribution in [0.15, 0.2) is 35.7 Å². The lowest BCUT2D eigenvalue weighted by atomic mass is 10.2. The molecule has 0 aromatic heterocycles. The summed E-state index contributed by atoms with van der Waals surface area (Å²) in [6.07, 6.45) is 1.62. The van der Waals surface area contributed by atoms with Crippen LogP contribution < -0.4 is 0 Å². The zero-order chi connectivity index (χ0) is 14.4. The molecular weight excluding hydrogens is 276 g/mol. The van der Waals surface area contributed by atoms with Crippen LogP contribution in [0.4, 0.5) is 0 Å². The van der Waals surface area contributed by atoms with Crippen molar-refractivity contribution in [3.8, 4) is 0 Å². The fourth-order valence-electron chi connectivity index (χ4n) is 2.16. The number of rotatable bonds is 5. The summed E-state index contributed by atoms with van der Waals surface area (Å²) < 4.78 is 25.9. The van der Waals surface area contributed by atoms with Gasteiger partial charge in [-0.2, -0.15) is 4.31 Å². The Morgan fingerprint density at radius 1 is 1.10 bits per heavy atom. The van der Waals surface area contributed by atoms with Gasteiger partial charge in [-0.1, -0.05) is 30.3 Å². The first-order valence-electron chi connectivity index (χ1n) is 6.68. The Balaban J connectivity index is 1.96. The van der Waals surface area contributed by atoms with E-state index < -0.39 is 10.0 Å². The number of hydrogen-bond donors (Lipinski definition) is 1. The van der Waals surface area contributed by atoms with Crippen molar-refractivity contribution >= 4 is 16.1 Å². The van der Waals surface area contributed by atoms with Crippen LogP contribution in [0.2, 0.25) is 0 Å². The van der Waals surface area contributed by atoms with Gasteiger partial charge in [0, 0.05) is 38.1 Å².